The van der Waals surface area contributed by atoms with Crippen molar-refractivity contribution in [1.29, 1.82) is 0 Å². The molecule has 7 nitrogen and oxygen atoms in total. The van der Waals surface area contributed by atoms with Crippen molar-refractivity contribution >= 4 is 15.8 Å². The molecule has 2 aromatic heterocycles. The van der Waals surface area contributed by atoms with Crippen LogP contribution in [0.2, 0.25) is 0 Å². The zero-order chi connectivity index (χ0) is 13.9. The number of sulfonamides is 1. The van der Waals surface area contributed by atoms with Crippen LogP contribution >= 0.6 is 0 Å². The molecule has 2 heterocycles. The quantitative estimate of drug-likeness (QED) is 0.840. The maximum absolute atomic E-state index is 12.3. The fourth-order valence-corrected chi connectivity index (χ4v) is 2.67. The van der Waals surface area contributed by atoms with Crippen LogP contribution in [0.4, 0.5) is 5.82 Å². The van der Waals surface area contributed by atoms with Gasteiger partial charge in [-0.05, 0) is 12.1 Å². The molecule has 0 saturated heterocycles. The lowest BCUT2D eigenvalue weighted by molar-refractivity contribution is 0.466. The number of hydrogen-bond acceptors (Lipinski definition) is 5. The van der Waals surface area contributed by atoms with E-state index in [9.17, 15) is 8.42 Å². The van der Waals surface area contributed by atoms with Crippen molar-refractivity contribution < 1.29 is 8.42 Å². The van der Waals surface area contributed by atoms with E-state index in [4.69, 9.17) is 0 Å². The van der Waals surface area contributed by atoms with Gasteiger partial charge in [-0.25, -0.2) is 13.4 Å². The molecule has 0 aromatic carbocycles. The molecule has 2 rings (SSSR count). The summed E-state index contributed by atoms with van der Waals surface area (Å²) in [5, 5.41) is 9.27. The Balaban J connectivity index is 2.20. The van der Waals surface area contributed by atoms with Gasteiger partial charge in [-0.2, -0.15) is 9.40 Å². The van der Waals surface area contributed by atoms with Gasteiger partial charge in [0.25, 0.3) is 0 Å². The molecule has 0 aliphatic carbocycles. The van der Waals surface area contributed by atoms with Gasteiger partial charge in [-0.15, -0.1) is 0 Å². The van der Waals surface area contributed by atoms with Crippen LogP contribution in [-0.2, 0) is 16.6 Å². The molecule has 0 aliphatic heterocycles. The van der Waals surface area contributed by atoms with Crippen molar-refractivity contribution in [1.82, 2.24) is 19.5 Å². The third-order valence-electron chi connectivity index (χ3n) is 2.66. The minimum Gasteiger partial charge on any atom is -0.373 e. The van der Waals surface area contributed by atoms with E-state index in [0.717, 1.165) is 5.56 Å². The molecule has 0 bridgehead atoms. The molecular weight excluding hydrogens is 266 g/mol. The summed E-state index contributed by atoms with van der Waals surface area (Å²) in [6.45, 7) is 0.257. The number of nitrogens with zero attached hydrogens (tertiary/aromatic N) is 3. The van der Waals surface area contributed by atoms with Crippen LogP contribution in [0, 0.1) is 0 Å². The number of rotatable bonds is 5. The van der Waals surface area contributed by atoms with Crippen LogP contribution in [0.5, 0.6) is 0 Å². The van der Waals surface area contributed by atoms with E-state index in [0.29, 0.717) is 5.82 Å². The average molecular weight is 281 g/mol. The molecule has 0 aliphatic rings. The van der Waals surface area contributed by atoms with Gasteiger partial charge in [0, 0.05) is 38.6 Å². The summed E-state index contributed by atoms with van der Waals surface area (Å²) in [6.07, 6.45) is 4.59. The van der Waals surface area contributed by atoms with E-state index in [1.54, 1.807) is 25.5 Å². The second-order valence-corrected chi connectivity index (χ2v) is 6.04. The average Bonchev–Trinajstić information content (AvgIpc) is 2.91. The van der Waals surface area contributed by atoms with Crippen LogP contribution in [0.1, 0.15) is 5.56 Å². The minimum absolute atomic E-state index is 0.164. The van der Waals surface area contributed by atoms with Crippen molar-refractivity contribution in [2.45, 2.75) is 11.4 Å². The number of aromatic nitrogens is 3. The third kappa shape index (κ3) is 2.91. The van der Waals surface area contributed by atoms with Crippen molar-refractivity contribution in [3.63, 3.8) is 0 Å². The lowest BCUT2D eigenvalue weighted by Crippen LogP contribution is -2.26. The van der Waals surface area contributed by atoms with Gasteiger partial charge >= 0.3 is 0 Å². The van der Waals surface area contributed by atoms with Crippen LogP contribution in [-0.4, -0.2) is 42.0 Å². The summed E-state index contributed by atoms with van der Waals surface area (Å²) >= 11 is 0. The molecular formula is C11H15N5O2S. The fraction of sp³-hybridized carbons (Fsp3) is 0.273. The predicted octanol–water partition coefficient (Wildman–Crippen LogP) is 0.667. The van der Waals surface area contributed by atoms with Crippen LogP contribution in [0.3, 0.4) is 0 Å². The molecule has 0 radical (unpaired) electrons. The van der Waals surface area contributed by atoms with Crippen molar-refractivity contribution in [3.05, 3.63) is 36.3 Å². The maximum atomic E-state index is 12.3. The van der Waals surface area contributed by atoms with E-state index < -0.39 is 10.0 Å². The number of H-pyrrole nitrogens is 1. The Morgan fingerprint density at radius 2 is 2.16 bits per heavy atom. The first kappa shape index (κ1) is 13.5. The minimum atomic E-state index is -3.54. The van der Waals surface area contributed by atoms with E-state index in [1.165, 1.54) is 23.6 Å². The molecule has 0 unspecified atom stereocenters. The smallest absolute Gasteiger partial charge is 0.244 e. The molecule has 102 valence electrons. The third-order valence-corrected chi connectivity index (χ3v) is 4.45. The standard InChI is InChI=1S/C11H15N5O2S/c1-12-11-4-3-10(7-13-11)19(17,18)16(2)8-9-5-14-15-6-9/h3-7H,8H2,1-2H3,(H,12,13)(H,14,15). The highest BCUT2D eigenvalue weighted by Gasteiger charge is 2.21. The largest absolute Gasteiger partial charge is 0.373 e. The van der Waals surface area contributed by atoms with E-state index in [1.807, 2.05) is 0 Å². The van der Waals surface area contributed by atoms with Crippen molar-refractivity contribution in [2.24, 2.45) is 0 Å². The maximum Gasteiger partial charge on any atom is 0.244 e. The summed E-state index contributed by atoms with van der Waals surface area (Å²) in [6, 6.07) is 3.15. The van der Waals surface area contributed by atoms with Crippen LogP contribution in [0.15, 0.2) is 35.6 Å². The zero-order valence-electron chi connectivity index (χ0n) is 10.7. The Morgan fingerprint density at radius 3 is 2.68 bits per heavy atom. The van der Waals surface area contributed by atoms with Gasteiger partial charge in [-0.1, -0.05) is 0 Å². The van der Waals surface area contributed by atoms with Gasteiger partial charge in [-0.3, -0.25) is 5.10 Å². The highest BCUT2D eigenvalue weighted by Crippen LogP contribution is 2.16. The van der Waals surface area contributed by atoms with Gasteiger partial charge < -0.3 is 5.32 Å². The fourth-order valence-electron chi connectivity index (χ4n) is 1.57. The van der Waals surface area contributed by atoms with Crippen molar-refractivity contribution in [3.8, 4) is 0 Å². The highest BCUT2D eigenvalue weighted by atomic mass is 32.2. The van der Waals surface area contributed by atoms with Crippen LogP contribution < -0.4 is 5.32 Å². The molecule has 2 aromatic rings. The number of nitrogens with one attached hydrogen (secondary N) is 2. The number of hydrogen-bond donors (Lipinski definition) is 2. The van der Waals surface area contributed by atoms with E-state index >= 15 is 0 Å². The van der Waals surface area contributed by atoms with Gasteiger partial charge in [0.15, 0.2) is 0 Å². The normalized spacial score (nSPS) is 11.7. The Morgan fingerprint density at radius 1 is 1.37 bits per heavy atom. The van der Waals surface area contributed by atoms with Gasteiger partial charge in [0.1, 0.15) is 10.7 Å². The summed E-state index contributed by atoms with van der Waals surface area (Å²) in [7, 11) is -0.293. The molecule has 0 amide bonds. The number of anilines is 1. The van der Waals surface area contributed by atoms with Gasteiger partial charge in [0.05, 0.1) is 6.20 Å². The van der Waals surface area contributed by atoms with E-state index in [-0.39, 0.29) is 11.4 Å². The van der Waals surface area contributed by atoms with E-state index in [2.05, 4.69) is 20.5 Å². The lowest BCUT2D eigenvalue weighted by Gasteiger charge is -2.16. The molecule has 19 heavy (non-hydrogen) atoms. The summed E-state index contributed by atoms with van der Waals surface area (Å²) < 4.78 is 25.8. The molecule has 0 atom stereocenters. The highest BCUT2D eigenvalue weighted by molar-refractivity contribution is 7.89. The molecule has 0 saturated carbocycles. The Kier molecular flexibility index (Phi) is 3.82. The first-order chi connectivity index (χ1) is 9.04. The zero-order valence-corrected chi connectivity index (χ0v) is 11.5. The molecule has 8 heteroatoms. The second-order valence-electron chi connectivity index (χ2n) is 4.00. The van der Waals surface area contributed by atoms with Gasteiger partial charge in [0.2, 0.25) is 10.0 Å². The monoisotopic (exact) mass is 281 g/mol. The second kappa shape index (κ2) is 5.37. The Bertz CT molecular complexity index is 622. The predicted molar refractivity (Wildman–Crippen MR) is 71.0 cm³/mol. The topological polar surface area (TPSA) is 91.0 Å². The number of pyridine rings is 1. The SMILES string of the molecule is CNc1ccc(S(=O)(=O)N(C)Cc2cn[nH]c2)cn1. The molecule has 2 N–H and O–H groups in total. The molecule has 0 spiro atoms. The number of aromatic amines is 1. The summed E-state index contributed by atoms with van der Waals surface area (Å²) in [4.78, 5) is 4.17. The van der Waals surface area contributed by atoms with Crippen molar-refractivity contribution in [2.75, 3.05) is 19.4 Å². The molecule has 0 fully saturated rings. The van der Waals surface area contributed by atoms with Crippen LogP contribution in [0.25, 0.3) is 0 Å². The Labute approximate surface area is 111 Å². The first-order valence-electron chi connectivity index (χ1n) is 5.62. The summed E-state index contributed by atoms with van der Waals surface area (Å²) in [5.74, 6) is 0.622. The lowest BCUT2D eigenvalue weighted by atomic mass is 10.4. The Hall–Kier alpha value is -1.93. The first-order valence-corrected chi connectivity index (χ1v) is 7.06. The summed E-state index contributed by atoms with van der Waals surface area (Å²) in [5.41, 5.74) is 0.797.